The van der Waals surface area contributed by atoms with Crippen LogP contribution in [-0.2, 0) is 17.9 Å². The fraction of sp³-hybridized carbons (Fsp3) is 0.429. The van der Waals surface area contributed by atoms with Gasteiger partial charge in [0.25, 0.3) is 0 Å². The fourth-order valence-corrected chi connectivity index (χ4v) is 3.50. The molecule has 1 aromatic carbocycles. The largest absolute Gasteiger partial charge is 0.467 e. The molecule has 0 aliphatic carbocycles. The van der Waals surface area contributed by atoms with Gasteiger partial charge < -0.3 is 25.5 Å². The predicted octanol–water partition coefficient (Wildman–Crippen LogP) is 1.08. The number of aliphatic hydroxyl groups is 1. The van der Waals surface area contributed by atoms with E-state index >= 15 is 0 Å². The van der Waals surface area contributed by atoms with Crippen LogP contribution in [0.1, 0.15) is 17.7 Å². The molecular weight excluding hydrogens is 372 g/mol. The molecule has 1 fully saturated rings. The molecule has 2 heterocycles. The summed E-state index contributed by atoms with van der Waals surface area (Å²) >= 11 is 0. The molecule has 156 valence electrons. The Hall–Kier alpha value is -2.84. The first-order valence-corrected chi connectivity index (χ1v) is 9.84. The normalized spacial score (nSPS) is 19.5. The van der Waals surface area contributed by atoms with Gasteiger partial charge in [-0.1, -0.05) is 30.3 Å². The summed E-state index contributed by atoms with van der Waals surface area (Å²) in [4.78, 5) is 26.4. The lowest BCUT2D eigenvalue weighted by Crippen LogP contribution is -2.55. The van der Waals surface area contributed by atoms with Crippen LogP contribution in [0.5, 0.6) is 0 Å². The molecule has 29 heavy (non-hydrogen) atoms. The van der Waals surface area contributed by atoms with Crippen LogP contribution in [0.15, 0.2) is 53.1 Å². The SMILES string of the molecule is O=C(CNC(=O)NCc1ccco1)N[C@H]1CN(Cc2ccccc2)CC[C@@H]1CO. The fourth-order valence-electron chi connectivity index (χ4n) is 3.50. The summed E-state index contributed by atoms with van der Waals surface area (Å²) in [5.74, 6) is 0.373. The van der Waals surface area contributed by atoms with Gasteiger partial charge in [0, 0.05) is 31.7 Å². The maximum atomic E-state index is 12.3. The Morgan fingerprint density at radius 1 is 1.14 bits per heavy atom. The van der Waals surface area contributed by atoms with Gasteiger partial charge in [0.1, 0.15) is 5.76 Å². The lowest BCUT2D eigenvalue weighted by molar-refractivity contribution is -0.121. The number of carbonyl (C=O) groups excluding carboxylic acids is 2. The van der Waals surface area contributed by atoms with Crippen LogP contribution in [0.2, 0.25) is 0 Å². The van der Waals surface area contributed by atoms with Gasteiger partial charge in [0.05, 0.1) is 19.4 Å². The first-order chi connectivity index (χ1) is 14.1. The average Bonchev–Trinajstić information content (AvgIpc) is 3.25. The topological polar surface area (TPSA) is 107 Å². The minimum Gasteiger partial charge on any atom is -0.467 e. The highest BCUT2D eigenvalue weighted by atomic mass is 16.3. The van der Waals surface area contributed by atoms with Crippen LogP contribution in [0.3, 0.4) is 0 Å². The van der Waals surface area contributed by atoms with Crippen LogP contribution in [0.4, 0.5) is 4.79 Å². The van der Waals surface area contributed by atoms with E-state index in [2.05, 4.69) is 33.0 Å². The number of hydrogen-bond acceptors (Lipinski definition) is 5. The van der Waals surface area contributed by atoms with Crippen molar-refractivity contribution in [3.05, 3.63) is 60.1 Å². The van der Waals surface area contributed by atoms with Gasteiger partial charge in [0.2, 0.25) is 5.91 Å². The molecule has 0 radical (unpaired) electrons. The van der Waals surface area contributed by atoms with Crippen molar-refractivity contribution in [2.24, 2.45) is 5.92 Å². The molecule has 0 spiro atoms. The number of carbonyl (C=O) groups is 2. The van der Waals surface area contributed by atoms with E-state index in [1.165, 1.54) is 11.8 Å². The summed E-state index contributed by atoms with van der Waals surface area (Å²) in [5.41, 5.74) is 1.22. The standard InChI is InChI=1S/C21H28N4O4/c26-15-17-8-9-25(13-16-5-2-1-3-6-16)14-19(17)24-20(27)12-23-21(28)22-11-18-7-4-10-29-18/h1-7,10,17,19,26H,8-9,11-15H2,(H,24,27)(H2,22,23,28)/t17-,19+/m1/s1. The molecule has 1 aliphatic heterocycles. The van der Waals surface area contributed by atoms with Crippen molar-refractivity contribution >= 4 is 11.9 Å². The van der Waals surface area contributed by atoms with Crippen LogP contribution in [-0.4, -0.2) is 54.2 Å². The first kappa shape index (κ1) is 20.9. The number of benzene rings is 1. The number of rotatable bonds is 8. The molecule has 2 atom stereocenters. The molecule has 4 N–H and O–H groups in total. The zero-order valence-electron chi connectivity index (χ0n) is 16.3. The van der Waals surface area contributed by atoms with E-state index in [-0.39, 0.29) is 37.6 Å². The maximum absolute atomic E-state index is 12.3. The molecule has 8 heteroatoms. The minimum atomic E-state index is -0.440. The Morgan fingerprint density at radius 3 is 2.69 bits per heavy atom. The lowest BCUT2D eigenvalue weighted by Gasteiger charge is -2.38. The van der Waals surface area contributed by atoms with Crippen LogP contribution in [0, 0.1) is 5.92 Å². The number of aliphatic hydroxyl groups excluding tert-OH is 1. The van der Waals surface area contributed by atoms with Crippen LogP contribution < -0.4 is 16.0 Å². The minimum absolute atomic E-state index is 0.0127. The third-order valence-electron chi connectivity index (χ3n) is 5.08. The molecule has 1 aliphatic rings. The van der Waals surface area contributed by atoms with E-state index in [0.717, 1.165) is 19.5 Å². The lowest BCUT2D eigenvalue weighted by atomic mass is 9.92. The summed E-state index contributed by atoms with van der Waals surface area (Å²) in [6.45, 7) is 2.50. The van der Waals surface area contributed by atoms with Crippen LogP contribution >= 0.6 is 0 Å². The van der Waals surface area contributed by atoms with Crippen molar-refractivity contribution < 1.29 is 19.1 Å². The van der Waals surface area contributed by atoms with Gasteiger partial charge >= 0.3 is 6.03 Å². The monoisotopic (exact) mass is 400 g/mol. The molecule has 8 nitrogen and oxygen atoms in total. The van der Waals surface area contributed by atoms with Crippen LogP contribution in [0.25, 0.3) is 0 Å². The van der Waals surface area contributed by atoms with E-state index in [9.17, 15) is 14.7 Å². The van der Waals surface area contributed by atoms with Crippen molar-refractivity contribution in [1.82, 2.24) is 20.9 Å². The maximum Gasteiger partial charge on any atom is 0.315 e. The first-order valence-electron chi connectivity index (χ1n) is 9.84. The second-order valence-corrected chi connectivity index (χ2v) is 7.24. The Kier molecular flexibility index (Phi) is 7.66. The molecule has 3 rings (SSSR count). The van der Waals surface area contributed by atoms with Crippen molar-refractivity contribution in [3.63, 3.8) is 0 Å². The number of furan rings is 1. The Balaban J connectivity index is 1.43. The number of nitrogens with zero attached hydrogens (tertiary/aromatic N) is 1. The van der Waals surface area contributed by atoms with Crippen molar-refractivity contribution in [2.75, 3.05) is 26.2 Å². The molecular formula is C21H28N4O4. The number of piperidine rings is 1. The highest BCUT2D eigenvalue weighted by Crippen LogP contribution is 2.19. The van der Waals surface area contributed by atoms with Gasteiger partial charge in [-0.05, 0) is 30.7 Å². The summed E-state index contributed by atoms with van der Waals surface area (Å²) < 4.78 is 5.14. The summed E-state index contributed by atoms with van der Waals surface area (Å²) in [6, 6.07) is 13.1. The third-order valence-corrected chi connectivity index (χ3v) is 5.08. The average molecular weight is 400 g/mol. The molecule has 2 aromatic rings. The van der Waals surface area contributed by atoms with Crippen molar-refractivity contribution in [1.29, 1.82) is 0 Å². The molecule has 3 amide bonds. The second-order valence-electron chi connectivity index (χ2n) is 7.24. The van der Waals surface area contributed by atoms with E-state index < -0.39 is 6.03 Å². The Bertz CT molecular complexity index is 766. The zero-order valence-corrected chi connectivity index (χ0v) is 16.3. The second kappa shape index (κ2) is 10.6. The van der Waals surface area contributed by atoms with Gasteiger partial charge in [0.15, 0.2) is 0 Å². The van der Waals surface area contributed by atoms with Crippen molar-refractivity contribution in [3.8, 4) is 0 Å². The Labute approximate surface area is 170 Å². The summed E-state index contributed by atoms with van der Waals surface area (Å²) in [6.07, 6.45) is 2.34. The van der Waals surface area contributed by atoms with Crippen molar-refractivity contribution in [2.45, 2.75) is 25.6 Å². The van der Waals surface area contributed by atoms with E-state index in [1.807, 2.05) is 18.2 Å². The molecule has 0 saturated carbocycles. The number of nitrogens with one attached hydrogen (secondary N) is 3. The van der Waals surface area contributed by atoms with E-state index in [0.29, 0.717) is 12.3 Å². The van der Waals surface area contributed by atoms with Gasteiger partial charge in [-0.3, -0.25) is 9.69 Å². The number of hydrogen-bond donors (Lipinski definition) is 4. The predicted molar refractivity (Wildman–Crippen MR) is 108 cm³/mol. The quantitative estimate of drug-likeness (QED) is 0.531. The van der Waals surface area contributed by atoms with Gasteiger partial charge in [-0.25, -0.2) is 4.79 Å². The third kappa shape index (κ3) is 6.62. The zero-order chi connectivity index (χ0) is 20.5. The van der Waals surface area contributed by atoms with Gasteiger partial charge in [-0.2, -0.15) is 0 Å². The number of amides is 3. The number of likely N-dealkylation sites (tertiary alicyclic amines) is 1. The summed E-state index contributed by atoms with van der Waals surface area (Å²) in [5, 5.41) is 17.8. The number of urea groups is 1. The van der Waals surface area contributed by atoms with E-state index in [4.69, 9.17) is 4.42 Å². The molecule has 1 saturated heterocycles. The molecule has 0 bridgehead atoms. The van der Waals surface area contributed by atoms with Gasteiger partial charge in [-0.15, -0.1) is 0 Å². The summed E-state index contributed by atoms with van der Waals surface area (Å²) in [7, 11) is 0. The smallest absolute Gasteiger partial charge is 0.315 e. The Morgan fingerprint density at radius 2 is 1.97 bits per heavy atom. The highest BCUT2D eigenvalue weighted by molar-refractivity contribution is 5.84. The molecule has 1 aromatic heterocycles. The van der Waals surface area contributed by atoms with E-state index in [1.54, 1.807) is 12.1 Å². The highest BCUT2D eigenvalue weighted by Gasteiger charge is 2.29. The molecule has 0 unspecified atom stereocenters.